The highest BCUT2D eigenvalue weighted by molar-refractivity contribution is 5.92. The molecule has 2 N–H and O–H groups in total. The largest absolute Gasteiger partial charge is 0.384 e. The van der Waals surface area contributed by atoms with Crippen LogP contribution in [0.1, 0.15) is 64.7 Å². The Bertz CT molecular complexity index is 886. The maximum Gasteiger partial charge on any atom is 0.260 e. The van der Waals surface area contributed by atoms with Crippen molar-refractivity contribution in [3.8, 4) is 0 Å². The summed E-state index contributed by atoms with van der Waals surface area (Å²) in [5.41, 5.74) is 5.14. The second-order valence-electron chi connectivity index (χ2n) is 11.5. The van der Waals surface area contributed by atoms with Crippen molar-refractivity contribution < 1.29 is 13.9 Å². The molecule has 200 valence electrons. The summed E-state index contributed by atoms with van der Waals surface area (Å²) in [6.45, 7) is 8.30. The number of fused-ring (bicyclic) bond motifs is 1. The highest BCUT2D eigenvalue weighted by Gasteiger charge is 2.48. The fourth-order valence-corrected chi connectivity index (χ4v) is 6.84. The molecule has 5 rings (SSSR count). The van der Waals surface area contributed by atoms with E-state index in [0.29, 0.717) is 38.1 Å². The van der Waals surface area contributed by atoms with Crippen molar-refractivity contribution in [2.75, 3.05) is 52.4 Å². The van der Waals surface area contributed by atoms with Crippen LogP contribution in [0.15, 0.2) is 28.8 Å². The van der Waals surface area contributed by atoms with Crippen LogP contribution in [0.5, 0.6) is 0 Å². The lowest BCUT2D eigenvalue weighted by Crippen LogP contribution is -2.56. The third kappa shape index (κ3) is 5.55. The molecule has 3 fully saturated rings. The predicted molar refractivity (Wildman–Crippen MR) is 141 cm³/mol. The lowest BCUT2D eigenvalue weighted by molar-refractivity contribution is -0.156. The van der Waals surface area contributed by atoms with E-state index in [9.17, 15) is 4.79 Å². The minimum atomic E-state index is -1.75. The first-order valence-electron chi connectivity index (χ1n) is 14.2. The van der Waals surface area contributed by atoms with Gasteiger partial charge in [-0.05, 0) is 57.6 Å². The Morgan fingerprint density at radius 3 is 2.64 bits per heavy atom. The summed E-state index contributed by atoms with van der Waals surface area (Å²) < 4.78 is 22.7. The number of halogens is 1. The number of amidine groups is 1. The molecule has 36 heavy (non-hydrogen) atoms. The van der Waals surface area contributed by atoms with Gasteiger partial charge in [0.15, 0.2) is 5.67 Å². The van der Waals surface area contributed by atoms with Gasteiger partial charge in [0, 0.05) is 64.7 Å². The van der Waals surface area contributed by atoms with Crippen LogP contribution in [0.2, 0.25) is 0 Å². The Hall–Kier alpha value is -1.77. The number of allylic oxidation sites excluding steroid dienone is 1. The minimum absolute atomic E-state index is 0.132. The molecule has 4 heterocycles. The van der Waals surface area contributed by atoms with E-state index < -0.39 is 5.67 Å². The van der Waals surface area contributed by atoms with Gasteiger partial charge >= 0.3 is 0 Å². The fraction of sp³-hybridized carbons (Fsp3) is 0.786. The number of hydrogen-bond acceptors (Lipinski definition) is 6. The third-order valence-corrected chi connectivity index (χ3v) is 9.05. The van der Waals surface area contributed by atoms with Crippen LogP contribution in [0.3, 0.4) is 0 Å². The number of ether oxygens (including phenoxy) is 1. The van der Waals surface area contributed by atoms with Crippen LogP contribution in [-0.4, -0.2) is 102 Å². The molecular weight excluding hydrogens is 457 g/mol. The van der Waals surface area contributed by atoms with E-state index >= 15 is 4.39 Å². The Morgan fingerprint density at radius 2 is 1.92 bits per heavy atom. The van der Waals surface area contributed by atoms with Crippen molar-refractivity contribution in [1.82, 2.24) is 14.7 Å². The van der Waals surface area contributed by atoms with Crippen LogP contribution in [0, 0.1) is 0 Å². The number of hydrogen-bond donors (Lipinski definition) is 1. The first-order valence-corrected chi connectivity index (χ1v) is 14.2. The summed E-state index contributed by atoms with van der Waals surface area (Å²) in [5, 5.41) is 0. The Labute approximate surface area is 215 Å². The van der Waals surface area contributed by atoms with Crippen molar-refractivity contribution in [2.24, 2.45) is 10.7 Å². The number of rotatable bonds is 5. The Kier molecular flexibility index (Phi) is 7.84. The van der Waals surface area contributed by atoms with Crippen molar-refractivity contribution >= 4 is 11.7 Å². The van der Waals surface area contributed by atoms with Crippen LogP contribution < -0.4 is 5.73 Å². The molecule has 3 saturated heterocycles. The number of piperidine rings is 2. The molecule has 2 atom stereocenters. The van der Waals surface area contributed by atoms with Crippen molar-refractivity contribution in [1.29, 1.82) is 0 Å². The number of carbonyl (C=O) groups excluding carboxylic acids is 1. The smallest absolute Gasteiger partial charge is 0.260 e. The minimum Gasteiger partial charge on any atom is -0.384 e. The van der Waals surface area contributed by atoms with Crippen LogP contribution in [-0.2, 0) is 9.53 Å². The molecule has 1 spiro atoms. The number of dihydropyridines is 1. The summed E-state index contributed by atoms with van der Waals surface area (Å²) in [5.74, 6) is 0.277. The fourth-order valence-electron chi connectivity index (χ4n) is 6.84. The van der Waals surface area contributed by atoms with Gasteiger partial charge in [-0.2, -0.15) is 0 Å². The van der Waals surface area contributed by atoms with E-state index in [1.807, 2.05) is 6.08 Å². The van der Waals surface area contributed by atoms with Gasteiger partial charge in [-0.25, -0.2) is 4.39 Å². The summed E-state index contributed by atoms with van der Waals surface area (Å²) in [7, 11) is 0. The van der Waals surface area contributed by atoms with Crippen molar-refractivity contribution in [2.45, 2.75) is 88.1 Å². The summed E-state index contributed by atoms with van der Waals surface area (Å²) in [6.07, 6.45) is 14.1. The lowest BCUT2D eigenvalue weighted by atomic mass is 9.85. The van der Waals surface area contributed by atoms with Gasteiger partial charge in [0.25, 0.3) is 5.91 Å². The number of aliphatic imine (C=N–C) groups is 1. The predicted octanol–water partition coefficient (Wildman–Crippen LogP) is 3.06. The van der Waals surface area contributed by atoms with E-state index in [2.05, 4.69) is 33.9 Å². The summed E-state index contributed by atoms with van der Waals surface area (Å²) >= 11 is 0. The summed E-state index contributed by atoms with van der Waals surface area (Å²) in [4.78, 5) is 24.2. The van der Waals surface area contributed by atoms with Gasteiger partial charge in [0.05, 0.1) is 11.7 Å². The molecule has 8 heteroatoms. The zero-order valence-corrected chi connectivity index (χ0v) is 22.0. The molecule has 7 nitrogen and oxygen atoms in total. The number of carbonyl (C=O) groups is 1. The molecule has 0 aromatic heterocycles. The molecule has 0 radical (unpaired) electrons. The van der Waals surface area contributed by atoms with E-state index in [4.69, 9.17) is 10.5 Å². The van der Waals surface area contributed by atoms with Crippen molar-refractivity contribution in [3.63, 3.8) is 0 Å². The molecule has 4 aliphatic heterocycles. The van der Waals surface area contributed by atoms with Gasteiger partial charge in [0.2, 0.25) is 0 Å². The van der Waals surface area contributed by atoms with Gasteiger partial charge in [-0.3, -0.25) is 19.6 Å². The zero-order chi connectivity index (χ0) is 25.2. The Balaban J connectivity index is 1.15. The van der Waals surface area contributed by atoms with E-state index in [1.165, 1.54) is 5.57 Å². The average Bonchev–Trinajstić information content (AvgIpc) is 3.03. The second-order valence-corrected chi connectivity index (χ2v) is 11.5. The molecule has 1 aliphatic carbocycles. The third-order valence-electron chi connectivity index (χ3n) is 9.05. The standard InChI is InChI=1S/C28H44FN5O2/c1-2-14-33-17-8-27(36-24-6-4-3-5-23(24)33)9-18-34(19-10-27)26(35)28(29)11-15-32(16-12-28)21-22-7-13-31-25(30)20-22/h4,6,20,23-24H,2-3,5,7-19,21H2,1H3,(H2,30,31). The lowest BCUT2D eigenvalue weighted by Gasteiger charge is -2.45. The van der Waals surface area contributed by atoms with E-state index in [1.54, 1.807) is 4.90 Å². The van der Waals surface area contributed by atoms with Crippen molar-refractivity contribution in [3.05, 3.63) is 23.8 Å². The SMILES string of the molecule is CCCN1CCC2(CCN(C(=O)C3(F)CCN(CC4=CC(N)=NCC4)CC3)CC2)OC2C=CCCC21. The van der Waals surface area contributed by atoms with Crippen LogP contribution >= 0.6 is 0 Å². The van der Waals surface area contributed by atoms with Gasteiger partial charge in [-0.15, -0.1) is 0 Å². The van der Waals surface area contributed by atoms with Gasteiger partial charge in [0.1, 0.15) is 5.84 Å². The molecule has 2 unspecified atom stereocenters. The maximum absolute atomic E-state index is 15.9. The normalized spacial score (nSPS) is 30.9. The maximum atomic E-state index is 15.9. The topological polar surface area (TPSA) is 74.4 Å². The van der Waals surface area contributed by atoms with Crippen LogP contribution in [0.4, 0.5) is 4.39 Å². The number of likely N-dealkylation sites (tertiary alicyclic amines) is 2. The molecule has 5 aliphatic rings. The van der Waals surface area contributed by atoms with Gasteiger partial charge in [-0.1, -0.05) is 24.6 Å². The first-order chi connectivity index (χ1) is 17.4. The van der Waals surface area contributed by atoms with Crippen LogP contribution in [0.25, 0.3) is 0 Å². The first kappa shape index (κ1) is 25.9. The Morgan fingerprint density at radius 1 is 1.17 bits per heavy atom. The summed E-state index contributed by atoms with van der Waals surface area (Å²) in [6, 6.07) is 0.460. The van der Waals surface area contributed by atoms with E-state index in [-0.39, 0.29) is 30.5 Å². The number of amides is 1. The highest BCUT2D eigenvalue weighted by atomic mass is 19.1. The monoisotopic (exact) mass is 501 g/mol. The number of alkyl halides is 1. The average molecular weight is 502 g/mol. The molecule has 0 aromatic rings. The zero-order valence-electron chi connectivity index (χ0n) is 22.0. The second kappa shape index (κ2) is 10.9. The highest BCUT2D eigenvalue weighted by Crippen LogP contribution is 2.39. The number of nitrogens with zero attached hydrogens (tertiary/aromatic N) is 4. The quantitative estimate of drug-likeness (QED) is 0.586. The molecule has 0 aromatic carbocycles. The molecule has 1 amide bonds. The van der Waals surface area contributed by atoms with Gasteiger partial charge < -0.3 is 15.4 Å². The molecule has 0 bridgehead atoms. The van der Waals surface area contributed by atoms with E-state index in [0.717, 1.165) is 71.1 Å². The number of nitrogens with two attached hydrogens (primary N) is 1. The molecule has 0 saturated carbocycles. The molecular formula is C28H44FN5O2.